The van der Waals surface area contributed by atoms with Crippen molar-refractivity contribution in [2.45, 2.75) is 58.8 Å². The van der Waals surface area contributed by atoms with Crippen LogP contribution in [0.15, 0.2) is 23.3 Å². The minimum Gasteiger partial charge on any atom is -0.303 e. The highest BCUT2D eigenvalue weighted by Crippen LogP contribution is 2.65. The first kappa shape index (κ1) is 15.3. The molecule has 1 heteroatoms. The molecule has 0 aliphatic heterocycles. The summed E-state index contributed by atoms with van der Waals surface area (Å²) in [6.07, 6.45) is 20.1. The Morgan fingerprint density at radius 1 is 1.17 bits per heavy atom. The Hall–Kier alpha value is -1.29. The van der Waals surface area contributed by atoms with E-state index in [1.807, 2.05) is 0 Å². The third-order valence-corrected chi connectivity index (χ3v) is 8.06. The number of rotatable bonds is 1. The smallest absolute Gasteiger partial charge is 0.126 e. The van der Waals surface area contributed by atoms with Crippen molar-refractivity contribution in [1.29, 1.82) is 0 Å². The Labute approximate surface area is 140 Å². The van der Waals surface area contributed by atoms with E-state index < -0.39 is 0 Å². The number of aldehydes is 1. The lowest BCUT2D eigenvalue weighted by molar-refractivity contribution is -0.110. The van der Waals surface area contributed by atoms with Gasteiger partial charge in [0.1, 0.15) is 6.29 Å². The molecule has 4 rings (SSSR count). The van der Waals surface area contributed by atoms with Crippen molar-refractivity contribution >= 4 is 6.29 Å². The van der Waals surface area contributed by atoms with Gasteiger partial charge in [-0.15, -0.1) is 6.42 Å². The number of fused-ring (bicyclic) bond motifs is 5. The van der Waals surface area contributed by atoms with Crippen molar-refractivity contribution in [1.82, 2.24) is 0 Å². The SMILES string of the molecule is C#CC1=CC[C@H]2[C@@H]3CCC4=CC(C=O)CC[C@]4(C)[C@H]3CC[C@]12C. The summed E-state index contributed by atoms with van der Waals surface area (Å²) in [7, 11) is 0. The molecule has 0 bridgehead atoms. The van der Waals surface area contributed by atoms with Gasteiger partial charge in [-0.25, -0.2) is 0 Å². The molecule has 0 N–H and O–H groups in total. The van der Waals surface area contributed by atoms with Gasteiger partial charge in [0.25, 0.3) is 0 Å². The van der Waals surface area contributed by atoms with Crippen LogP contribution >= 0.6 is 0 Å². The molecule has 1 nitrogen and oxygen atoms in total. The van der Waals surface area contributed by atoms with E-state index in [-0.39, 0.29) is 11.3 Å². The Kier molecular flexibility index (Phi) is 3.38. The van der Waals surface area contributed by atoms with Gasteiger partial charge < -0.3 is 4.79 Å². The summed E-state index contributed by atoms with van der Waals surface area (Å²) >= 11 is 0. The highest BCUT2D eigenvalue weighted by molar-refractivity contribution is 5.58. The van der Waals surface area contributed by atoms with Crippen molar-refractivity contribution in [3.8, 4) is 12.3 Å². The molecule has 2 fully saturated rings. The first-order valence-corrected chi connectivity index (χ1v) is 9.36. The maximum atomic E-state index is 11.2. The molecule has 0 radical (unpaired) electrons. The van der Waals surface area contributed by atoms with Gasteiger partial charge in [-0.3, -0.25) is 0 Å². The third kappa shape index (κ3) is 1.97. The summed E-state index contributed by atoms with van der Waals surface area (Å²) < 4.78 is 0. The molecule has 4 aliphatic carbocycles. The second-order valence-corrected chi connectivity index (χ2v) is 8.82. The van der Waals surface area contributed by atoms with Crippen LogP contribution in [0.25, 0.3) is 0 Å². The number of hydrogen-bond donors (Lipinski definition) is 0. The summed E-state index contributed by atoms with van der Waals surface area (Å²) in [5.74, 6) is 5.51. The zero-order valence-corrected chi connectivity index (χ0v) is 14.5. The summed E-state index contributed by atoms with van der Waals surface area (Å²) in [4.78, 5) is 11.2. The second kappa shape index (κ2) is 5.10. The normalized spacial score (nSPS) is 48.2. The van der Waals surface area contributed by atoms with E-state index in [0.717, 1.165) is 30.5 Å². The molecular weight excluding hydrogens is 280 g/mol. The first-order valence-electron chi connectivity index (χ1n) is 9.36. The lowest BCUT2D eigenvalue weighted by Gasteiger charge is -2.58. The van der Waals surface area contributed by atoms with E-state index in [1.54, 1.807) is 5.57 Å². The minimum absolute atomic E-state index is 0.171. The van der Waals surface area contributed by atoms with Crippen LogP contribution in [0.3, 0.4) is 0 Å². The molecule has 6 atom stereocenters. The zero-order valence-electron chi connectivity index (χ0n) is 14.5. The largest absolute Gasteiger partial charge is 0.303 e. The lowest BCUT2D eigenvalue weighted by Crippen LogP contribution is -2.50. The molecule has 4 aliphatic rings. The number of carbonyl (C=O) groups excluding carboxylic acids is 1. The van der Waals surface area contributed by atoms with E-state index in [0.29, 0.717) is 5.41 Å². The Balaban J connectivity index is 1.66. The molecule has 23 heavy (non-hydrogen) atoms. The molecule has 0 spiro atoms. The standard InChI is InChI=1S/C22H28O/c1-4-16-6-8-19-18-7-5-17-13-15(14-23)9-11-22(17,3)20(18)10-12-21(16,19)2/h1,6,13-15,18-20H,5,7-12H2,2-3H3/t15?,18-,19-,20-,21+,22-/m0/s1. The van der Waals surface area contributed by atoms with Gasteiger partial charge >= 0.3 is 0 Å². The molecule has 0 aromatic carbocycles. The van der Waals surface area contributed by atoms with Crippen LogP contribution in [0.5, 0.6) is 0 Å². The topological polar surface area (TPSA) is 17.1 Å². The fraction of sp³-hybridized carbons (Fsp3) is 0.682. The van der Waals surface area contributed by atoms with Crippen molar-refractivity contribution in [2.75, 3.05) is 0 Å². The van der Waals surface area contributed by atoms with Gasteiger partial charge in [0.05, 0.1) is 0 Å². The van der Waals surface area contributed by atoms with Crippen molar-refractivity contribution < 1.29 is 4.79 Å². The van der Waals surface area contributed by atoms with E-state index in [4.69, 9.17) is 6.42 Å². The zero-order chi connectivity index (χ0) is 16.2. The summed E-state index contributed by atoms with van der Waals surface area (Å²) in [5.41, 5.74) is 3.46. The average Bonchev–Trinajstić information content (AvgIpc) is 2.90. The molecular formula is C22H28O. The Morgan fingerprint density at radius 2 is 1.96 bits per heavy atom. The summed E-state index contributed by atoms with van der Waals surface area (Å²) in [6.45, 7) is 4.91. The van der Waals surface area contributed by atoms with Crippen molar-refractivity contribution in [2.24, 2.45) is 34.5 Å². The first-order chi connectivity index (χ1) is 11.0. The Bertz CT molecular complexity index is 633. The second-order valence-electron chi connectivity index (χ2n) is 8.82. The Morgan fingerprint density at radius 3 is 2.70 bits per heavy atom. The summed E-state index contributed by atoms with van der Waals surface area (Å²) in [5, 5.41) is 0. The van der Waals surface area contributed by atoms with Crippen LogP contribution < -0.4 is 0 Å². The summed E-state index contributed by atoms with van der Waals surface area (Å²) in [6, 6.07) is 0. The minimum atomic E-state index is 0.171. The van der Waals surface area contributed by atoms with Crippen molar-refractivity contribution in [3.05, 3.63) is 23.3 Å². The van der Waals surface area contributed by atoms with Crippen LogP contribution in [-0.4, -0.2) is 6.29 Å². The number of carbonyl (C=O) groups is 1. The number of hydrogen-bond acceptors (Lipinski definition) is 1. The van der Waals surface area contributed by atoms with Gasteiger partial charge in [-0.1, -0.05) is 37.5 Å². The van der Waals surface area contributed by atoms with E-state index >= 15 is 0 Å². The number of terminal acetylenes is 1. The van der Waals surface area contributed by atoms with E-state index in [2.05, 4.69) is 31.9 Å². The predicted molar refractivity (Wildman–Crippen MR) is 93.6 cm³/mol. The highest BCUT2D eigenvalue weighted by Gasteiger charge is 2.56. The fourth-order valence-electron chi connectivity index (χ4n) is 6.65. The van der Waals surface area contributed by atoms with Gasteiger partial charge in [0.2, 0.25) is 0 Å². The molecule has 122 valence electrons. The van der Waals surface area contributed by atoms with Crippen LogP contribution in [0.4, 0.5) is 0 Å². The molecule has 2 saturated carbocycles. The monoisotopic (exact) mass is 308 g/mol. The predicted octanol–water partition coefficient (Wildman–Crippen LogP) is 4.93. The van der Waals surface area contributed by atoms with Crippen LogP contribution in [-0.2, 0) is 4.79 Å². The molecule has 0 heterocycles. The maximum absolute atomic E-state index is 11.2. The van der Waals surface area contributed by atoms with Crippen LogP contribution in [0.2, 0.25) is 0 Å². The highest BCUT2D eigenvalue weighted by atomic mass is 16.1. The molecule has 1 unspecified atom stereocenters. The molecule has 0 aromatic rings. The van der Waals surface area contributed by atoms with Crippen LogP contribution in [0, 0.1) is 46.8 Å². The van der Waals surface area contributed by atoms with Gasteiger partial charge in [-0.2, -0.15) is 0 Å². The average molecular weight is 308 g/mol. The van der Waals surface area contributed by atoms with Gasteiger partial charge in [0, 0.05) is 16.9 Å². The van der Waals surface area contributed by atoms with E-state index in [9.17, 15) is 4.79 Å². The van der Waals surface area contributed by atoms with Gasteiger partial charge in [0.15, 0.2) is 0 Å². The lowest BCUT2D eigenvalue weighted by atomic mass is 9.46. The molecule has 0 aromatic heterocycles. The van der Waals surface area contributed by atoms with Gasteiger partial charge in [-0.05, 0) is 68.1 Å². The molecule has 0 saturated heterocycles. The third-order valence-electron chi connectivity index (χ3n) is 8.06. The fourth-order valence-corrected chi connectivity index (χ4v) is 6.65. The van der Waals surface area contributed by atoms with Crippen LogP contribution in [0.1, 0.15) is 58.8 Å². The maximum Gasteiger partial charge on any atom is 0.126 e. The van der Waals surface area contributed by atoms with Crippen molar-refractivity contribution in [3.63, 3.8) is 0 Å². The quantitative estimate of drug-likeness (QED) is 0.381. The molecule has 0 amide bonds. The van der Waals surface area contributed by atoms with E-state index in [1.165, 1.54) is 44.1 Å². The number of allylic oxidation sites excluding steroid dienone is 4.